The normalized spacial score (nSPS) is 11.6. The summed E-state index contributed by atoms with van der Waals surface area (Å²) in [6.45, 7) is 6.30. The molecule has 0 saturated heterocycles. The van der Waals surface area contributed by atoms with Gasteiger partial charge in [-0.1, -0.05) is 44.2 Å². The number of rotatable bonds is 5. The van der Waals surface area contributed by atoms with Gasteiger partial charge in [-0.15, -0.1) is 10.2 Å². The highest BCUT2D eigenvalue weighted by molar-refractivity contribution is 7.15. The molecule has 126 valence electrons. The molecule has 1 heterocycles. The number of nitrogens with zero attached hydrogens (tertiary/aromatic N) is 3. The van der Waals surface area contributed by atoms with Gasteiger partial charge in [0, 0.05) is 18.6 Å². The summed E-state index contributed by atoms with van der Waals surface area (Å²) < 4.78 is 0. The summed E-state index contributed by atoms with van der Waals surface area (Å²) >= 11 is 1.32. The second kappa shape index (κ2) is 7.31. The summed E-state index contributed by atoms with van der Waals surface area (Å²) in [5.74, 6) is -0.411. The van der Waals surface area contributed by atoms with Crippen molar-refractivity contribution in [3.05, 3.63) is 51.0 Å². The number of para-hydroxylation sites is 1. The smallest absolute Gasteiger partial charge is 0.276 e. The molecule has 0 atom stereocenters. The minimum Gasteiger partial charge on any atom is -0.297 e. The summed E-state index contributed by atoms with van der Waals surface area (Å²) in [6.07, 6.45) is 3.42. The van der Waals surface area contributed by atoms with Gasteiger partial charge in [-0.05, 0) is 17.6 Å². The van der Waals surface area contributed by atoms with Crippen LogP contribution in [0.5, 0.6) is 0 Å². The van der Waals surface area contributed by atoms with Gasteiger partial charge in [0.15, 0.2) is 0 Å². The maximum Gasteiger partial charge on any atom is 0.276 e. The molecule has 0 fully saturated rings. The van der Waals surface area contributed by atoms with Crippen molar-refractivity contribution in [1.29, 1.82) is 0 Å². The fourth-order valence-electron chi connectivity index (χ4n) is 1.94. The minimum atomic E-state index is -0.485. The molecule has 8 heteroatoms. The maximum atomic E-state index is 11.9. The predicted octanol–water partition coefficient (Wildman–Crippen LogP) is 3.69. The van der Waals surface area contributed by atoms with Crippen LogP contribution in [0.3, 0.4) is 0 Å². The van der Waals surface area contributed by atoms with Crippen molar-refractivity contribution < 1.29 is 9.72 Å². The molecule has 0 radical (unpaired) electrons. The van der Waals surface area contributed by atoms with Crippen molar-refractivity contribution in [3.63, 3.8) is 0 Å². The Morgan fingerprint density at radius 2 is 2.04 bits per heavy atom. The van der Waals surface area contributed by atoms with E-state index >= 15 is 0 Å². The van der Waals surface area contributed by atoms with Gasteiger partial charge in [0.1, 0.15) is 5.01 Å². The highest BCUT2D eigenvalue weighted by atomic mass is 32.1. The van der Waals surface area contributed by atoms with Crippen LogP contribution in [-0.4, -0.2) is 21.0 Å². The van der Waals surface area contributed by atoms with Crippen LogP contribution in [0.15, 0.2) is 30.3 Å². The average Bonchev–Trinajstić information content (AvgIpc) is 2.90. The Kier molecular flexibility index (Phi) is 5.40. The van der Waals surface area contributed by atoms with Crippen molar-refractivity contribution in [2.24, 2.45) is 5.41 Å². The van der Waals surface area contributed by atoms with E-state index in [-0.39, 0.29) is 11.1 Å². The lowest BCUT2D eigenvalue weighted by molar-refractivity contribution is -0.385. The Morgan fingerprint density at radius 3 is 2.71 bits per heavy atom. The van der Waals surface area contributed by atoms with Crippen molar-refractivity contribution in [1.82, 2.24) is 10.2 Å². The lowest BCUT2D eigenvalue weighted by atomic mass is 9.93. The molecule has 1 N–H and O–H groups in total. The number of carbonyl (C=O) groups is 1. The second-order valence-electron chi connectivity index (χ2n) is 6.38. The van der Waals surface area contributed by atoms with Gasteiger partial charge in [0.2, 0.25) is 11.0 Å². The van der Waals surface area contributed by atoms with Crippen LogP contribution in [0.4, 0.5) is 10.8 Å². The van der Waals surface area contributed by atoms with Gasteiger partial charge in [-0.25, -0.2) is 0 Å². The molecule has 0 aliphatic heterocycles. The third-order valence-corrected chi connectivity index (χ3v) is 3.76. The molecule has 0 aliphatic rings. The van der Waals surface area contributed by atoms with E-state index in [4.69, 9.17) is 0 Å². The third kappa shape index (κ3) is 5.24. The standard InChI is InChI=1S/C16H18N4O3S/c1-16(2,3)10-14-18-19-15(24-14)17-13(21)9-8-11-6-4-5-7-12(11)20(22)23/h4-9H,10H2,1-3H3,(H,17,19,21)/b9-8+. The van der Waals surface area contributed by atoms with E-state index in [0.29, 0.717) is 10.7 Å². The van der Waals surface area contributed by atoms with E-state index in [9.17, 15) is 14.9 Å². The fraction of sp³-hybridized carbons (Fsp3) is 0.312. The van der Waals surface area contributed by atoms with E-state index in [1.54, 1.807) is 18.2 Å². The van der Waals surface area contributed by atoms with Crippen LogP contribution in [0.25, 0.3) is 6.08 Å². The SMILES string of the molecule is CC(C)(C)Cc1nnc(NC(=O)/C=C/c2ccccc2[N+](=O)[O-])s1. The topological polar surface area (TPSA) is 98.0 Å². The Balaban J connectivity index is 2.02. The number of amides is 1. The predicted molar refractivity (Wildman–Crippen MR) is 93.8 cm³/mol. The third-order valence-electron chi connectivity index (χ3n) is 2.93. The molecule has 24 heavy (non-hydrogen) atoms. The molecule has 1 amide bonds. The largest absolute Gasteiger partial charge is 0.297 e. The lowest BCUT2D eigenvalue weighted by Gasteiger charge is -2.14. The summed E-state index contributed by atoms with van der Waals surface area (Å²) in [6, 6.07) is 6.22. The van der Waals surface area contributed by atoms with Gasteiger partial charge >= 0.3 is 0 Å². The monoisotopic (exact) mass is 346 g/mol. The zero-order valence-corrected chi connectivity index (χ0v) is 14.5. The van der Waals surface area contributed by atoms with Crippen molar-refractivity contribution >= 4 is 34.1 Å². The number of nitro groups is 1. The highest BCUT2D eigenvalue weighted by Gasteiger charge is 2.15. The van der Waals surface area contributed by atoms with Gasteiger partial charge in [0.25, 0.3) is 5.69 Å². The lowest BCUT2D eigenvalue weighted by Crippen LogP contribution is -2.08. The van der Waals surface area contributed by atoms with Crippen LogP contribution in [0.2, 0.25) is 0 Å². The van der Waals surface area contributed by atoms with Crippen LogP contribution >= 0.6 is 11.3 Å². The van der Waals surface area contributed by atoms with E-state index in [0.717, 1.165) is 11.4 Å². The zero-order chi connectivity index (χ0) is 17.7. The van der Waals surface area contributed by atoms with Crippen LogP contribution in [0.1, 0.15) is 31.3 Å². The molecule has 1 aromatic heterocycles. The summed E-state index contributed by atoms with van der Waals surface area (Å²) in [4.78, 5) is 22.4. The molecule has 0 unspecified atom stereocenters. The number of hydrogen-bond donors (Lipinski definition) is 1. The number of carbonyl (C=O) groups excluding carboxylic acids is 1. The highest BCUT2D eigenvalue weighted by Crippen LogP contribution is 2.25. The first-order valence-corrected chi connectivity index (χ1v) is 8.11. The molecule has 7 nitrogen and oxygen atoms in total. The summed E-state index contributed by atoms with van der Waals surface area (Å²) in [7, 11) is 0. The van der Waals surface area contributed by atoms with Crippen LogP contribution < -0.4 is 5.32 Å². The fourth-order valence-corrected chi connectivity index (χ4v) is 2.98. The van der Waals surface area contributed by atoms with Gasteiger partial charge in [0.05, 0.1) is 10.5 Å². The Bertz CT molecular complexity index is 778. The molecule has 2 rings (SSSR count). The first kappa shape index (κ1) is 17.7. The number of nitrogens with one attached hydrogen (secondary N) is 1. The number of anilines is 1. The molecule has 0 bridgehead atoms. The van der Waals surface area contributed by atoms with Crippen molar-refractivity contribution in [3.8, 4) is 0 Å². The first-order chi connectivity index (χ1) is 11.2. The quantitative estimate of drug-likeness (QED) is 0.506. The minimum absolute atomic E-state index is 0.0510. The second-order valence-corrected chi connectivity index (χ2v) is 7.44. The summed E-state index contributed by atoms with van der Waals surface area (Å²) in [5.41, 5.74) is 0.403. The van der Waals surface area contributed by atoms with Gasteiger partial charge in [-0.3, -0.25) is 20.2 Å². The maximum absolute atomic E-state index is 11.9. The Labute approximate surface area is 143 Å². The van der Waals surface area contributed by atoms with Gasteiger partial charge < -0.3 is 0 Å². The molecular weight excluding hydrogens is 328 g/mol. The first-order valence-electron chi connectivity index (χ1n) is 7.29. The van der Waals surface area contributed by atoms with E-state index in [1.165, 1.54) is 29.6 Å². The summed E-state index contributed by atoms with van der Waals surface area (Å²) in [5, 5.41) is 22.8. The molecule has 1 aromatic carbocycles. The molecule has 0 saturated carbocycles. The van der Waals surface area contributed by atoms with Crippen molar-refractivity contribution in [2.75, 3.05) is 5.32 Å². The number of aromatic nitrogens is 2. The van der Waals surface area contributed by atoms with Crippen LogP contribution in [-0.2, 0) is 11.2 Å². The van der Waals surface area contributed by atoms with Crippen LogP contribution in [0, 0.1) is 15.5 Å². The Morgan fingerprint density at radius 1 is 1.33 bits per heavy atom. The molecule has 0 spiro atoms. The van der Waals surface area contributed by atoms with E-state index < -0.39 is 10.8 Å². The average molecular weight is 346 g/mol. The Hall–Kier alpha value is -2.61. The van der Waals surface area contributed by atoms with Gasteiger partial charge in [-0.2, -0.15) is 0 Å². The van der Waals surface area contributed by atoms with E-state index in [2.05, 4.69) is 36.3 Å². The number of benzene rings is 1. The zero-order valence-electron chi connectivity index (χ0n) is 13.6. The van der Waals surface area contributed by atoms with E-state index in [1.807, 2.05) is 0 Å². The number of hydrogen-bond acceptors (Lipinski definition) is 6. The molecule has 2 aromatic rings. The van der Waals surface area contributed by atoms with Crippen molar-refractivity contribution in [2.45, 2.75) is 27.2 Å². The molecular formula is C16H18N4O3S. The number of nitro benzene ring substituents is 1. The molecule has 0 aliphatic carbocycles.